The second-order valence-corrected chi connectivity index (χ2v) is 5.62. The van der Waals surface area contributed by atoms with Crippen LogP contribution in [0.4, 0.5) is 0 Å². The molecule has 1 N–H and O–H groups in total. The second kappa shape index (κ2) is 6.50. The number of nitrogens with zero attached hydrogens (tertiary/aromatic N) is 1. The van der Waals surface area contributed by atoms with Gasteiger partial charge in [0.15, 0.2) is 0 Å². The van der Waals surface area contributed by atoms with E-state index in [4.69, 9.17) is 0 Å². The van der Waals surface area contributed by atoms with Crippen LogP contribution in [0.15, 0.2) is 0 Å². The maximum atomic E-state index is 12.2. The van der Waals surface area contributed by atoms with Crippen molar-refractivity contribution >= 4 is 17.7 Å². The first-order valence-electron chi connectivity index (χ1n) is 6.31. The Labute approximate surface area is 103 Å². The van der Waals surface area contributed by atoms with Crippen LogP contribution in [0.5, 0.6) is 0 Å². The molecule has 3 atom stereocenters. The van der Waals surface area contributed by atoms with Gasteiger partial charge >= 0.3 is 0 Å². The molecule has 1 saturated heterocycles. The Morgan fingerprint density at radius 2 is 2.06 bits per heavy atom. The van der Waals surface area contributed by atoms with Crippen molar-refractivity contribution in [2.45, 2.75) is 58.8 Å². The molecule has 4 heteroatoms. The summed E-state index contributed by atoms with van der Waals surface area (Å²) >= 11 is 1.90. The number of thioether (sulfide) groups is 1. The quantitative estimate of drug-likeness (QED) is 0.776. The Morgan fingerprint density at radius 1 is 1.38 bits per heavy atom. The fourth-order valence-corrected chi connectivity index (χ4v) is 2.95. The minimum Gasteiger partial charge on any atom is -0.322 e. The highest BCUT2D eigenvalue weighted by Gasteiger charge is 2.38. The van der Waals surface area contributed by atoms with Gasteiger partial charge < -0.3 is 4.90 Å². The molecule has 0 bridgehead atoms. The summed E-state index contributed by atoms with van der Waals surface area (Å²) < 4.78 is 0. The van der Waals surface area contributed by atoms with E-state index in [0.717, 1.165) is 24.3 Å². The molecule has 0 aromatic carbocycles. The number of carbonyl (C=O) groups excluding carboxylic acids is 1. The van der Waals surface area contributed by atoms with Gasteiger partial charge in [-0.1, -0.05) is 20.8 Å². The van der Waals surface area contributed by atoms with E-state index in [2.05, 4.69) is 37.9 Å². The van der Waals surface area contributed by atoms with Crippen molar-refractivity contribution in [2.24, 2.45) is 0 Å². The number of carbonyl (C=O) groups is 1. The maximum Gasteiger partial charge on any atom is 0.241 e. The molecular formula is C12H24N2OS. The Kier molecular flexibility index (Phi) is 5.62. The SMILES string of the molecule is CCSCC(C)N1C(=O)C(CC)NC1CC. The predicted octanol–water partition coefficient (Wildman–Crippen LogP) is 2.07. The number of hydrogen-bond acceptors (Lipinski definition) is 3. The van der Waals surface area contributed by atoms with Crippen LogP contribution in [-0.4, -0.2) is 40.6 Å². The van der Waals surface area contributed by atoms with Crippen LogP contribution in [0, 0.1) is 0 Å². The van der Waals surface area contributed by atoms with Crippen molar-refractivity contribution in [1.29, 1.82) is 0 Å². The second-order valence-electron chi connectivity index (χ2n) is 4.31. The van der Waals surface area contributed by atoms with E-state index in [0.29, 0.717) is 11.9 Å². The van der Waals surface area contributed by atoms with Crippen LogP contribution in [-0.2, 0) is 4.79 Å². The van der Waals surface area contributed by atoms with E-state index >= 15 is 0 Å². The highest BCUT2D eigenvalue weighted by molar-refractivity contribution is 7.99. The molecule has 1 aliphatic heterocycles. The van der Waals surface area contributed by atoms with Gasteiger partial charge in [-0.2, -0.15) is 11.8 Å². The van der Waals surface area contributed by atoms with E-state index in [1.807, 2.05) is 11.8 Å². The third kappa shape index (κ3) is 2.92. The topological polar surface area (TPSA) is 32.3 Å². The first-order chi connectivity index (χ1) is 7.65. The molecule has 3 unspecified atom stereocenters. The molecule has 0 aromatic rings. The maximum absolute atomic E-state index is 12.2. The first-order valence-corrected chi connectivity index (χ1v) is 7.47. The van der Waals surface area contributed by atoms with Crippen molar-refractivity contribution in [1.82, 2.24) is 10.2 Å². The van der Waals surface area contributed by atoms with Crippen molar-refractivity contribution < 1.29 is 4.79 Å². The molecule has 0 aromatic heterocycles. The fraction of sp³-hybridized carbons (Fsp3) is 0.917. The predicted molar refractivity (Wildman–Crippen MR) is 70.6 cm³/mol. The van der Waals surface area contributed by atoms with Crippen molar-refractivity contribution in [3.63, 3.8) is 0 Å². The highest BCUT2D eigenvalue weighted by atomic mass is 32.2. The average Bonchev–Trinajstić information content (AvgIpc) is 2.62. The lowest BCUT2D eigenvalue weighted by Crippen LogP contribution is -2.44. The molecule has 3 nitrogen and oxygen atoms in total. The molecule has 1 heterocycles. The van der Waals surface area contributed by atoms with E-state index < -0.39 is 0 Å². The highest BCUT2D eigenvalue weighted by Crippen LogP contribution is 2.20. The molecule has 1 aliphatic rings. The molecule has 1 amide bonds. The molecule has 1 rings (SSSR count). The Morgan fingerprint density at radius 3 is 2.56 bits per heavy atom. The van der Waals surface area contributed by atoms with Crippen LogP contribution in [0.3, 0.4) is 0 Å². The minimum absolute atomic E-state index is 0.0408. The molecule has 1 fully saturated rings. The number of hydrogen-bond donors (Lipinski definition) is 1. The summed E-state index contributed by atoms with van der Waals surface area (Å²) in [7, 11) is 0. The molecule has 94 valence electrons. The minimum atomic E-state index is 0.0408. The zero-order valence-corrected chi connectivity index (χ0v) is 11.6. The molecule has 0 aliphatic carbocycles. The van der Waals surface area contributed by atoms with Crippen LogP contribution in [0.1, 0.15) is 40.5 Å². The summed E-state index contributed by atoms with van der Waals surface area (Å²) in [5.74, 6) is 2.45. The fourth-order valence-electron chi connectivity index (χ4n) is 2.22. The Bertz CT molecular complexity index is 235. The van der Waals surface area contributed by atoms with Gasteiger partial charge in [0, 0.05) is 11.8 Å². The summed E-state index contributed by atoms with van der Waals surface area (Å²) in [6.07, 6.45) is 2.12. The van der Waals surface area contributed by atoms with E-state index in [1.165, 1.54) is 0 Å². The van der Waals surface area contributed by atoms with Crippen LogP contribution in [0.2, 0.25) is 0 Å². The lowest BCUT2D eigenvalue weighted by Gasteiger charge is -2.29. The first kappa shape index (κ1) is 13.8. The summed E-state index contributed by atoms with van der Waals surface area (Å²) in [4.78, 5) is 14.2. The number of rotatable bonds is 6. The van der Waals surface area contributed by atoms with Crippen molar-refractivity contribution in [3.8, 4) is 0 Å². The number of amides is 1. The van der Waals surface area contributed by atoms with Gasteiger partial charge in [-0.05, 0) is 25.5 Å². The van der Waals surface area contributed by atoms with Crippen molar-refractivity contribution in [2.75, 3.05) is 11.5 Å². The smallest absolute Gasteiger partial charge is 0.241 e. The van der Waals surface area contributed by atoms with Gasteiger partial charge in [-0.3, -0.25) is 10.1 Å². The normalized spacial score (nSPS) is 27.5. The summed E-state index contributed by atoms with van der Waals surface area (Å²) in [5, 5.41) is 3.41. The third-order valence-corrected chi connectivity index (χ3v) is 4.24. The largest absolute Gasteiger partial charge is 0.322 e. The van der Waals surface area contributed by atoms with Gasteiger partial charge in [-0.15, -0.1) is 0 Å². The zero-order valence-electron chi connectivity index (χ0n) is 10.8. The third-order valence-electron chi connectivity index (χ3n) is 3.11. The monoisotopic (exact) mass is 244 g/mol. The standard InChI is InChI=1S/C12H24N2OS/c1-5-10-12(15)14(11(6-2)13-10)9(4)8-16-7-3/h9-11,13H,5-8H2,1-4H3. The molecule has 0 spiro atoms. The van der Waals surface area contributed by atoms with E-state index in [-0.39, 0.29) is 12.2 Å². The lowest BCUT2D eigenvalue weighted by molar-refractivity contribution is -0.131. The summed E-state index contributed by atoms with van der Waals surface area (Å²) in [6, 6.07) is 0.380. The van der Waals surface area contributed by atoms with Crippen molar-refractivity contribution in [3.05, 3.63) is 0 Å². The average molecular weight is 244 g/mol. The summed E-state index contributed by atoms with van der Waals surface area (Å²) in [6.45, 7) is 8.52. The van der Waals surface area contributed by atoms with E-state index in [9.17, 15) is 4.79 Å². The van der Waals surface area contributed by atoms with Gasteiger partial charge in [0.2, 0.25) is 5.91 Å². The Hall–Kier alpha value is -0.220. The zero-order chi connectivity index (χ0) is 12.1. The Balaban J connectivity index is 2.64. The molecule has 0 saturated carbocycles. The van der Waals surface area contributed by atoms with Gasteiger partial charge in [0.1, 0.15) is 0 Å². The number of nitrogens with one attached hydrogen (secondary N) is 1. The van der Waals surface area contributed by atoms with Gasteiger partial charge in [0.05, 0.1) is 12.2 Å². The molecule has 16 heavy (non-hydrogen) atoms. The van der Waals surface area contributed by atoms with Gasteiger partial charge in [0.25, 0.3) is 0 Å². The summed E-state index contributed by atoms with van der Waals surface area (Å²) in [5.41, 5.74) is 0. The van der Waals surface area contributed by atoms with Crippen LogP contribution in [0.25, 0.3) is 0 Å². The van der Waals surface area contributed by atoms with Crippen LogP contribution < -0.4 is 5.32 Å². The van der Waals surface area contributed by atoms with Crippen LogP contribution >= 0.6 is 11.8 Å². The molecular weight excluding hydrogens is 220 g/mol. The lowest BCUT2D eigenvalue weighted by atomic mass is 10.2. The van der Waals surface area contributed by atoms with Gasteiger partial charge in [-0.25, -0.2) is 0 Å². The van der Waals surface area contributed by atoms with E-state index in [1.54, 1.807) is 0 Å². The molecule has 0 radical (unpaired) electrons.